The molecule has 1 aliphatic rings. The Labute approximate surface area is 139 Å². The largest absolute Gasteiger partial charge is 0.353 e. The molecule has 0 radical (unpaired) electrons. The van der Waals surface area contributed by atoms with Gasteiger partial charge in [0, 0.05) is 71.3 Å². The van der Waals surface area contributed by atoms with Gasteiger partial charge in [0.05, 0.1) is 0 Å². The number of aromatic nitrogens is 1. The molecular formula is C19H28N4. The van der Waals surface area contributed by atoms with Gasteiger partial charge in [0.25, 0.3) is 0 Å². The van der Waals surface area contributed by atoms with Crippen LogP contribution in [0.15, 0.2) is 48.7 Å². The maximum absolute atomic E-state index is 3.55. The molecule has 1 fully saturated rings. The van der Waals surface area contributed by atoms with E-state index >= 15 is 0 Å². The van der Waals surface area contributed by atoms with Gasteiger partial charge in [0.15, 0.2) is 0 Å². The fourth-order valence-corrected chi connectivity index (χ4v) is 3.15. The number of rotatable bonds is 7. The highest BCUT2D eigenvalue weighted by Crippen LogP contribution is 2.08. The van der Waals surface area contributed by atoms with Crippen molar-refractivity contribution >= 4 is 0 Å². The van der Waals surface area contributed by atoms with Crippen LogP contribution in [0.3, 0.4) is 0 Å². The lowest BCUT2D eigenvalue weighted by Crippen LogP contribution is -2.47. The minimum absolute atomic E-state index is 0.956. The third-order valence-corrected chi connectivity index (χ3v) is 4.68. The van der Waals surface area contributed by atoms with Crippen LogP contribution < -0.4 is 5.32 Å². The van der Waals surface area contributed by atoms with Gasteiger partial charge in [-0.15, -0.1) is 0 Å². The number of piperazine rings is 1. The van der Waals surface area contributed by atoms with Crippen molar-refractivity contribution in [2.75, 3.05) is 39.3 Å². The predicted molar refractivity (Wildman–Crippen MR) is 95.3 cm³/mol. The van der Waals surface area contributed by atoms with Gasteiger partial charge in [-0.25, -0.2) is 0 Å². The Hall–Kier alpha value is -1.62. The molecule has 0 atom stereocenters. The van der Waals surface area contributed by atoms with Crippen molar-refractivity contribution < 1.29 is 0 Å². The molecule has 2 aromatic rings. The molecule has 4 nitrogen and oxygen atoms in total. The summed E-state index contributed by atoms with van der Waals surface area (Å²) in [4.78, 5) is 5.13. The topological polar surface area (TPSA) is 23.4 Å². The normalized spacial score (nSPS) is 16.7. The number of hydrogen-bond acceptors (Lipinski definition) is 3. The van der Waals surface area contributed by atoms with Crippen molar-refractivity contribution in [2.24, 2.45) is 7.05 Å². The lowest BCUT2D eigenvalue weighted by molar-refractivity contribution is 0.127. The van der Waals surface area contributed by atoms with Crippen LogP contribution in [0.1, 0.15) is 11.3 Å². The molecule has 124 valence electrons. The SMILES string of the molecule is Cn1cccc1CNCCN1CCN(Cc2ccccc2)CC1. The number of aryl methyl sites for hydroxylation is 1. The molecule has 1 aromatic heterocycles. The number of hydrogen-bond donors (Lipinski definition) is 1. The molecule has 1 aromatic carbocycles. The fraction of sp³-hybridized carbons (Fsp3) is 0.474. The van der Waals surface area contributed by atoms with E-state index in [1.54, 1.807) is 0 Å². The van der Waals surface area contributed by atoms with Crippen LogP contribution in [0.25, 0.3) is 0 Å². The van der Waals surface area contributed by atoms with Gasteiger partial charge in [0.2, 0.25) is 0 Å². The van der Waals surface area contributed by atoms with Crippen molar-refractivity contribution in [2.45, 2.75) is 13.1 Å². The summed E-state index contributed by atoms with van der Waals surface area (Å²) in [6.45, 7) is 8.95. The first kappa shape index (κ1) is 16.2. The van der Waals surface area contributed by atoms with E-state index in [1.165, 1.54) is 37.4 Å². The molecule has 0 spiro atoms. The van der Waals surface area contributed by atoms with Crippen molar-refractivity contribution in [3.8, 4) is 0 Å². The maximum Gasteiger partial charge on any atom is 0.0359 e. The van der Waals surface area contributed by atoms with Gasteiger partial charge in [-0.3, -0.25) is 9.80 Å². The summed E-state index contributed by atoms with van der Waals surface area (Å²) in [5.74, 6) is 0. The molecule has 4 heteroatoms. The first-order valence-corrected chi connectivity index (χ1v) is 8.61. The smallest absolute Gasteiger partial charge is 0.0359 e. The molecular weight excluding hydrogens is 284 g/mol. The van der Waals surface area contributed by atoms with Gasteiger partial charge in [0.1, 0.15) is 0 Å². The van der Waals surface area contributed by atoms with E-state index in [-0.39, 0.29) is 0 Å². The van der Waals surface area contributed by atoms with Gasteiger partial charge < -0.3 is 9.88 Å². The second-order valence-electron chi connectivity index (χ2n) is 6.39. The lowest BCUT2D eigenvalue weighted by atomic mass is 10.2. The molecule has 0 amide bonds. The van der Waals surface area contributed by atoms with Crippen LogP contribution in [0.4, 0.5) is 0 Å². The number of nitrogens with one attached hydrogen (secondary N) is 1. The van der Waals surface area contributed by atoms with E-state index in [0.717, 1.165) is 26.2 Å². The van der Waals surface area contributed by atoms with Crippen molar-refractivity contribution in [3.05, 3.63) is 59.9 Å². The Kier molecular flexibility index (Phi) is 5.86. The van der Waals surface area contributed by atoms with Crippen molar-refractivity contribution in [3.63, 3.8) is 0 Å². The summed E-state index contributed by atoms with van der Waals surface area (Å²) in [5, 5.41) is 3.55. The summed E-state index contributed by atoms with van der Waals surface area (Å²) >= 11 is 0. The Morgan fingerprint density at radius 2 is 1.65 bits per heavy atom. The van der Waals surface area contributed by atoms with Crippen LogP contribution in [0.5, 0.6) is 0 Å². The quantitative estimate of drug-likeness (QED) is 0.790. The summed E-state index contributed by atoms with van der Waals surface area (Å²) in [6, 6.07) is 15.1. The summed E-state index contributed by atoms with van der Waals surface area (Å²) < 4.78 is 2.18. The lowest BCUT2D eigenvalue weighted by Gasteiger charge is -2.34. The van der Waals surface area contributed by atoms with E-state index in [9.17, 15) is 0 Å². The molecule has 0 aliphatic carbocycles. The highest BCUT2D eigenvalue weighted by Gasteiger charge is 2.16. The Bertz CT molecular complexity index is 570. The standard InChI is InChI=1S/C19H28N4/c1-21-10-5-8-19(21)16-20-9-11-22-12-14-23(15-13-22)17-18-6-3-2-4-7-18/h2-8,10,20H,9,11-17H2,1H3. The van der Waals surface area contributed by atoms with E-state index in [4.69, 9.17) is 0 Å². The van der Waals surface area contributed by atoms with Gasteiger partial charge in [-0.05, 0) is 17.7 Å². The van der Waals surface area contributed by atoms with E-state index in [0.29, 0.717) is 0 Å². The second-order valence-corrected chi connectivity index (χ2v) is 6.39. The summed E-state index contributed by atoms with van der Waals surface area (Å²) in [7, 11) is 2.10. The minimum Gasteiger partial charge on any atom is -0.353 e. The van der Waals surface area contributed by atoms with Crippen LogP contribution in [0, 0.1) is 0 Å². The van der Waals surface area contributed by atoms with E-state index < -0.39 is 0 Å². The zero-order valence-electron chi connectivity index (χ0n) is 14.1. The molecule has 2 heterocycles. The molecule has 23 heavy (non-hydrogen) atoms. The molecule has 1 aliphatic heterocycles. The highest BCUT2D eigenvalue weighted by atomic mass is 15.3. The molecule has 3 rings (SSSR count). The monoisotopic (exact) mass is 312 g/mol. The van der Waals surface area contributed by atoms with Crippen LogP contribution in [-0.2, 0) is 20.1 Å². The summed E-state index contributed by atoms with van der Waals surface area (Å²) in [5.41, 5.74) is 2.77. The van der Waals surface area contributed by atoms with E-state index in [2.05, 4.69) is 75.4 Å². The predicted octanol–water partition coefficient (Wildman–Crippen LogP) is 1.93. The molecule has 1 N–H and O–H groups in total. The highest BCUT2D eigenvalue weighted by molar-refractivity contribution is 5.14. The van der Waals surface area contributed by atoms with Crippen LogP contribution in [-0.4, -0.2) is 53.6 Å². The summed E-state index contributed by atoms with van der Waals surface area (Å²) in [6.07, 6.45) is 2.10. The first-order chi connectivity index (χ1) is 11.3. The molecule has 0 bridgehead atoms. The van der Waals surface area contributed by atoms with E-state index in [1.807, 2.05) is 0 Å². The number of nitrogens with zero attached hydrogens (tertiary/aromatic N) is 3. The molecule has 0 unspecified atom stereocenters. The zero-order chi connectivity index (χ0) is 15.9. The Morgan fingerprint density at radius 3 is 2.35 bits per heavy atom. The van der Waals surface area contributed by atoms with Crippen molar-refractivity contribution in [1.29, 1.82) is 0 Å². The third-order valence-electron chi connectivity index (χ3n) is 4.68. The average molecular weight is 312 g/mol. The Balaban J connectivity index is 1.31. The van der Waals surface area contributed by atoms with Gasteiger partial charge >= 0.3 is 0 Å². The first-order valence-electron chi connectivity index (χ1n) is 8.61. The fourth-order valence-electron chi connectivity index (χ4n) is 3.15. The van der Waals surface area contributed by atoms with Crippen LogP contribution in [0.2, 0.25) is 0 Å². The minimum atomic E-state index is 0.956. The van der Waals surface area contributed by atoms with Gasteiger partial charge in [-0.1, -0.05) is 30.3 Å². The van der Waals surface area contributed by atoms with Crippen molar-refractivity contribution in [1.82, 2.24) is 19.7 Å². The Morgan fingerprint density at radius 1 is 0.913 bits per heavy atom. The molecule has 0 saturated carbocycles. The zero-order valence-corrected chi connectivity index (χ0v) is 14.1. The average Bonchev–Trinajstić information content (AvgIpc) is 2.99. The number of benzene rings is 1. The second kappa shape index (κ2) is 8.29. The third kappa shape index (κ3) is 4.93. The molecule has 1 saturated heterocycles. The maximum atomic E-state index is 3.55. The van der Waals surface area contributed by atoms with Crippen LogP contribution >= 0.6 is 0 Å². The van der Waals surface area contributed by atoms with Gasteiger partial charge in [-0.2, -0.15) is 0 Å².